The summed E-state index contributed by atoms with van der Waals surface area (Å²) in [6, 6.07) is 0. The normalized spacial score (nSPS) is 13.3. The molecule has 0 aliphatic rings. The molecule has 0 rings (SSSR count). The highest BCUT2D eigenvalue weighted by Crippen LogP contribution is 2.11. The minimum absolute atomic E-state index is 0.247. The van der Waals surface area contributed by atoms with Gasteiger partial charge in [0.2, 0.25) is 0 Å². The molecule has 0 aromatic rings. The molecule has 112 valence electrons. The summed E-state index contributed by atoms with van der Waals surface area (Å²) in [4.78, 5) is 21.0. The third kappa shape index (κ3) is 11.5. The van der Waals surface area contributed by atoms with E-state index in [1.165, 1.54) is 18.1 Å². The van der Waals surface area contributed by atoms with Gasteiger partial charge in [0.1, 0.15) is 12.9 Å². The molecule has 0 saturated carbocycles. The molecule has 0 radical (unpaired) electrons. The molecule has 0 aromatic carbocycles. The smallest absolute Gasteiger partial charge is 0.302 e. The Morgan fingerprint density at radius 3 is 2.00 bits per heavy atom. The predicted octanol–water partition coefficient (Wildman–Crippen LogP) is 4.15. The van der Waals surface area contributed by atoms with Crippen molar-refractivity contribution in [1.29, 1.82) is 0 Å². The van der Waals surface area contributed by atoms with Crippen LogP contribution in [0.4, 0.5) is 0 Å². The van der Waals surface area contributed by atoms with Crippen LogP contribution in [0.15, 0.2) is 34.9 Å². The van der Waals surface area contributed by atoms with Crippen LogP contribution in [0.25, 0.3) is 0 Å². The first kappa shape index (κ1) is 18.4. The molecule has 0 fully saturated rings. The van der Waals surface area contributed by atoms with Crippen molar-refractivity contribution < 1.29 is 14.3 Å². The quantitative estimate of drug-likeness (QED) is 0.275. The first-order valence-electron chi connectivity index (χ1n) is 7.02. The Bertz CT molecular complexity index is 400. The van der Waals surface area contributed by atoms with Gasteiger partial charge in [-0.2, -0.15) is 0 Å². The van der Waals surface area contributed by atoms with E-state index in [-0.39, 0.29) is 5.97 Å². The second-order valence-electron chi connectivity index (χ2n) is 5.05. The molecule has 3 heteroatoms. The number of esters is 1. The number of rotatable bonds is 9. The second-order valence-corrected chi connectivity index (χ2v) is 5.05. The summed E-state index contributed by atoms with van der Waals surface area (Å²) >= 11 is 0. The molecule has 0 unspecified atom stereocenters. The maximum absolute atomic E-state index is 10.6. The molecule has 0 amide bonds. The summed E-state index contributed by atoms with van der Waals surface area (Å²) in [6.45, 7) is 7.75. The number of aldehydes is 1. The maximum atomic E-state index is 10.6. The molecule has 0 aliphatic heterocycles. The van der Waals surface area contributed by atoms with Gasteiger partial charge in [-0.05, 0) is 58.1 Å². The van der Waals surface area contributed by atoms with E-state index < -0.39 is 0 Å². The van der Waals surface area contributed by atoms with Crippen LogP contribution in [0.3, 0.4) is 0 Å². The number of allylic oxidation sites excluding steroid dienone is 5. The number of carbonyl (C=O) groups is 2. The van der Waals surface area contributed by atoms with Gasteiger partial charge in [0.25, 0.3) is 0 Å². The Hall–Kier alpha value is -1.64. The van der Waals surface area contributed by atoms with Crippen molar-refractivity contribution in [2.24, 2.45) is 0 Å². The standard InChI is InChI=1S/C17H26O3/c1-14(8-6-10-16(3)13-18)7-5-9-15(2)11-12-20-17(4)19/h7,10-11,13H,5-6,8-9,12H2,1-4H3/b14-7+,15-11+,16-10+. The summed E-state index contributed by atoms with van der Waals surface area (Å²) in [6.07, 6.45) is 10.9. The Morgan fingerprint density at radius 1 is 0.900 bits per heavy atom. The minimum atomic E-state index is -0.247. The molecule has 0 aliphatic carbocycles. The van der Waals surface area contributed by atoms with Gasteiger partial charge in [-0.15, -0.1) is 0 Å². The molecule has 3 nitrogen and oxygen atoms in total. The van der Waals surface area contributed by atoms with Gasteiger partial charge in [-0.1, -0.05) is 23.3 Å². The second kappa shape index (κ2) is 11.2. The van der Waals surface area contributed by atoms with E-state index in [0.717, 1.165) is 37.5 Å². The molecule has 0 spiro atoms. The lowest BCUT2D eigenvalue weighted by molar-refractivity contribution is -0.139. The number of hydrogen-bond donors (Lipinski definition) is 0. The summed E-state index contributed by atoms with van der Waals surface area (Å²) in [5.74, 6) is -0.247. The summed E-state index contributed by atoms with van der Waals surface area (Å²) in [5, 5.41) is 0. The Morgan fingerprint density at radius 2 is 1.45 bits per heavy atom. The highest BCUT2D eigenvalue weighted by atomic mass is 16.5. The SMILES string of the molecule is CC(=O)OC/C=C(\C)CC/C=C(\C)CC/C=C(\C)C=O. The summed E-state index contributed by atoms with van der Waals surface area (Å²) < 4.78 is 4.86. The molecule has 20 heavy (non-hydrogen) atoms. The summed E-state index contributed by atoms with van der Waals surface area (Å²) in [7, 11) is 0. The van der Waals surface area contributed by atoms with Crippen molar-refractivity contribution in [1.82, 2.24) is 0 Å². The zero-order chi connectivity index (χ0) is 15.4. The van der Waals surface area contributed by atoms with Crippen molar-refractivity contribution in [2.75, 3.05) is 6.61 Å². The lowest BCUT2D eigenvalue weighted by Crippen LogP contribution is -1.98. The van der Waals surface area contributed by atoms with Gasteiger partial charge >= 0.3 is 5.97 Å². The van der Waals surface area contributed by atoms with E-state index in [1.54, 1.807) is 0 Å². The fourth-order valence-corrected chi connectivity index (χ4v) is 1.63. The molecule has 0 heterocycles. The fourth-order valence-electron chi connectivity index (χ4n) is 1.63. The Balaban J connectivity index is 3.92. The van der Waals surface area contributed by atoms with Crippen molar-refractivity contribution >= 4 is 12.3 Å². The van der Waals surface area contributed by atoms with Crippen molar-refractivity contribution in [3.8, 4) is 0 Å². The van der Waals surface area contributed by atoms with Crippen LogP contribution in [0, 0.1) is 0 Å². The summed E-state index contributed by atoms with van der Waals surface area (Å²) in [5.41, 5.74) is 3.36. The highest BCUT2D eigenvalue weighted by molar-refractivity contribution is 5.71. The lowest BCUT2D eigenvalue weighted by atomic mass is 10.1. The monoisotopic (exact) mass is 278 g/mol. The van der Waals surface area contributed by atoms with Crippen LogP contribution in [-0.2, 0) is 14.3 Å². The van der Waals surface area contributed by atoms with Crippen LogP contribution >= 0.6 is 0 Å². The van der Waals surface area contributed by atoms with Crippen LogP contribution < -0.4 is 0 Å². The van der Waals surface area contributed by atoms with E-state index in [0.29, 0.717) is 6.61 Å². The average molecular weight is 278 g/mol. The molecule has 0 aromatic heterocycles. The van der Waals surface area contributed by atoms with Crippen LogP contribution in [0.2, 0.25) is 0 Å². The molecule has 0 N–H and O–H groups in total. The van der Waals surface area contributed by atoms with E-state index in [1.807, 2.05) is 26.0 Å². The molecule has 0 saturated heterocycles. The van der Waals surface area contributed by atoms with E-state index in [2.05, 4.69) is 13.0 Å². The Labute approximate surface area is 122 Å². The van der Waals surface area contributed by atoms with Gasteiger partial charge in [0, 0.05) is 6.92 Å². The first-order valence-corrected chi connectivity index (χ1v) is 7.02. The van der Waals surface area contributed by atoms with E-state index in [4.69, 9.17) is 4.74 Å². The predicted molar refractivity (Wildman–Crippen MR) is 82.4 cm³/mol. The highest BCUT2D eigenvalue weighted by Gasteiger charge is 1.93. The van der Waals surface area contributed by atoms with Gasteiger partial charge in [-0.25, -0.2) is 0 Å². The molecule has 0 bridgehead atoms. The van der Waals surface area contributed by atoms with Crippen LogP contribution in [0.1, 0.15) is 53.4 Å². The number of carbonyl (C=O) groups excluding carboxylic acids is 2. The lowest BCUT2D eigenvalue weighted by Gasteiger charge is -2.02. The third-order valence-corrected chi connectivity index (χ3v) is 2.94. The topological polar surface area (TPSA) is 43.4 Å². The Kier molecular flexibility index (Phi) is 10.3. The van der Waals surface area contributed by atoms with Crippen LogP contribution in [0.5, 0.6) is 0 Å². The fraction of sp³-hybridized carbons (Fsp3) is 0.529. The van der Waals surface area contributed by atoms with E-state index >= 15 is 0 Å². The first-order chi connectivity index (χ1) is 9.45. The van der Waals surface area contributed by atoms with Gasteiger partial charge in [-0.3, -0.25) is 9.59 Å². The van der Waals surface area contributed by atoms with Crippen molar-refractivity contribution in [3.05, 3.63) is 34.9 Å². The zero-order valence-electron chi connectivity index (χ0n) is 13.1. The molecular weight excluding hydrogens is 252 g/mol. The molecule has 0 atom stereocenters. The number of hydrogen-bond acceptors (Lipinski definition) is 3. The zero-order valence-corrected chi connectivity index (χ0v) is 13.1. The van der Waals surface area contributed by atoms with Crippen molar-refractivity contribution in [3.63, 3.8) is 0 Å². The largest absolute Gasteiger partial charge is 0.462 e. The van der Waals surface area contributed by atoms with Crippen LogP contribution in [-0.4, -0.2) is 18.9 Å². The van der Waals surface area contributed by atoms with Gasteiger partial charge < -0.3 is 4.74 Å². The van der Waals surface area contributed by atoms with Crippen molar-refractivity contribution in [2.45, 2.75) is 53.4 Å². The maximum Gasteiger partial charge on any atom is 0.302 e. The van der Waals surface area contributed by atoms with Gasteiger partial charge in [0.15, 0.2) is 0 Å². The minimum Gasteiger partial charge on any atom is -0.462 e. The molecular formula is C17H26O3. The average Bonchev–Trinajstić information content (AvgIpc) is 2.38. The van der Waals surface area contributed by atoms with E-state index in [9.17, 15) is 9.59 Å². The van der Waals surface area contributed by atoms with Gasteiger partial charge in [0.05, 0.1) is 0 Å². The third-order valence-electron chi connectivity index (χ3n) is 2.94. The number of ether oxygens (including phenoxy) is 1.